The van der Waals surface area contributed by atoms with E-state index in [1.165, 1.54) is 19.3 Å². The summed E-state index contributed by atoms with van der Waals surface area (Å²) in [5.41, 5.74) is 5.87. The van der Waals surface area contributed by atoms with Gasteiger partial charge in [-0.3, -0.25) is 15.6 Å². The molecule has 0 aromatic heterocycles. The smallest absolute Gasteiger partial charge is 0.269 e. The number of rotatable bonds is 2. The van der Waals surface area contributed by atoms with Crippen molar-refractivity contribution in [2.24, 2.45) is 5.92 Å². The van der Waals surface area contributed by atoms with Crippen molar-refractivity contribution >= 4 is 34.8 Å². The largest absolute Gasteiger partial charge is 0.358 e. The molecule has 2 rings (SSSR count). The first kappa shape index (κ1) is 16.0. The minimum atomic E-state index is -0.243. The summed E-state index contributed by atoms with van der Waals surface area (Å²) in [5, 5.41) is 4.32. The van der Waals surface area contributed by atoms with E-state index < -0.39 is 0 Å². The van der Waals surface area contributed by atoms with Crippen molar-refractivity contribution in [1.29, 1.82) is 0 Å². The maximum atomic E-state index is 11.9. The normalized spacial score (nSPS) is 21.4. The lowest BCUT2D eigenvalue weighted by molar-refractivity contribution is 0.0943. The van der Waals surface area contributed by atoms with Crippen molar-refractivity contribution < 1.29 is 4.79 Å². The van der Waals surface area contributed by atoms with E-state index in [2.05, 4.69) is 23.1 Å². The highest BCUT2D eigenvalue weighted by molar-refractivity contribution is 7.80. The SMILES string of the molecule is C[C@@H]1CCCC[C@H]1NC(=S)NNC(=O)c1ccc(Cl)cc1. The average molecular weight is 326 g/mol. The molecule has 0 unspecified atom stereocenters. The van der Waals surface area contributed by atoms with E-state index in [1.807, 2.05) is 0 Å². The molecule has 0 spiro atoms. The highest BCUT2D eigenvalue weighted by Crippen LogP contribution is 2.23. The van der Waals surface area contributed by atoms with Gasteiger partial charge >= 0.3 is 0 Å². The van der Waals surface area contributed by atoms with Crippen LogP contribution in [0.3, 0.4) is 0 Å². The molecule has 114 valence electrons. The van der Waals surface area contributed by atoms with Crippen LogP contribution in [0.5, 0.6) is 0 Å². The fraction of sp³-hybridized carbons (Fsp3) is 0.467. The van der Waals surface area contributed by atoms with Crippen molar-refractivity contribution in [3.63, 3.8) is 0 Å². The lowest BCUT2D eigenvalue weighted by atomic mass is 9.86. The number of amides is 1. The van der Waals surface area contributed by atoms with Gasteiger partial charge in [0.05, 0.1) is 0 Å². The molecule has 0 heterocycles. The second-order valence-corrected chi connectivity index (χ2v) is 6.27. The third-order valence-corrected chi connectivity index (χ3v) is 4.30. The molecule has 1 fully saturated rings. The minimum Gasteiger partial charge on any atom is -0.358 e. The predicted molar refractivity (Wildman–Crippen MR) is 89.2 cm³/mol. The Kier molecular flexibility index (Phi) is 5.82. The number of carbonyl (C=O) groups excluding carboxylic acids is 1. The number of thiocarbonyl (C=S) groups is 1. The van der Waals surface area contributed by atoms with Gasteiger partial charge in [-0.1, -0.05) is 31.4 Å². The van der Waals surface area contributed by atoms with Gasteiger partial charge in [-0.05, 0) is 55.2 Å². The summed E-state index contributed by atoms with van der Waals surface area (Å²) in [6, 6.07) is 7.07. The van der Waals surface area contributed by atoms with Crippen LogP contribution in [0.2, 0.25) is 5.02 Å². The Morgan fingerprint density at radius 1 is 1.19 bits per heavy atom. The number of hydrogen-bond acceptors (Lipinski definition) is 2. The van der Waals surface area contributed by atoms with Crippen LogP contribution in [0.1, 0.15) is 43.0 Å². The van der Waals surface area contributed by atoms with E-state index in [4.69, 9.17) is 23.8 Å². The highest BCUT2D eigenvalue weighted by Gasteiger charge is 2.21. The maximum absolute atomic E-state index is 11.9. The molecule has 1 saturated carbocycles. The molecule has 0 bridgehead atoms. The maximum Gasteiger partial charge on any atom is 0.269 e. The molecule has 0 saturated heterocycles. The van der Waals surface area contributed by atoms with Crippen LogP contribution in [-0.2, 0) is 0 Å². The molecule has 0 radical (unpaired) electrons. The van der Waals surface area contributed by atoms with Crippen molar-refractivity contribution in [3.05, 3.63) is 34.9 Å². The van der Waals surface area contributed by atoms with Gasteiger partial charge in [0.25, 0.3) is 5.91 Å². The fourth-order valence-corrected chi connectivity index (χ4v) is 2.85. The van der Waals surface area contributed by atoms with Crippen LogP contribution in [0.15, 0.2) is 24.3 Å². The summed E-state index contributed by atoms with van der Waals surface area (Å²) in [6.07, 6.45) is 4.85. The summed E-state index contributed by atoms with van der Waals surface area (Å²) < 4.78 is 0. The van der Waals surface area contributed by atoms with E-state index >= 15 is 0 Å². The molecular formula is C15H20ClN3OS. The quantitative estimate of drug-likeness (QED) is 0.578. The Morgan fingerprint density at radius 2 is 1.86 bits per heavy atom. The van der Waals surface area contributed by atoms with Gasteiger partial charge in [0.2, 0.25) is 0 Å². The van der Waals surface area contributed by atoms with Gasteiger partial charge in [0, 0.05) is 16.6 Å². The standard InChI is InChI=1S/C15H20ClN3OS/c1-10-4-2-3-5-13(10)17-15(21)19-18-14(20)11-6-8-12(16)9-7-11/h6-10,13H,2-5H2,1H3,(H,18,20)(H2,17,19,21)/t10-,13-/m1/s1. The number of halogens is 1. The van der Waals surface area contributed by atoms with Gasteiger partial charge < -0.3 is 5.32 Å². The predicted octanol–water partition coefficient (Wildman–Crippen LogP) is 3.03. The zero-order chi connectivity index (χ0) is 15.2. The van der Waals surface area contributed by atoms with E-state index in [1.54, 1.807) is 24.3 Å². The molecule has 0 aliphatic heterocycles. The zero-order valence-electron chi connectivity index (χ0n) is 12.0. The Morgan fingerprint density at radius 3 is 2.52 bits per heavy atom. The van der Waals surface area contributed by atoms with Gasteiger partial charge in [0.1, 0.15) is 0 Å². The Labute approximate surface area is 135 Å². The number of nitrogens with one attached hydrogen (secondary N) is 3. The van der Waals surface area contributed by atoms with Crippen LogP contribution < -0.4 is 16.2 Å². The molecule has 2 atom stereocenters. The van der Waals surface area contributed by atoms with Gasteiger partial charge in [0.15, 0.2) is 5.11 Å². The van der Waals surface area contributed by atoms with Crippen molar-refractivity contribution in [1.82, 2.24) is 16.2 Å². The Bertz CT molecular complexity index is 506. The van der Waals surface area contributed by atoms with E-state index in [0.717, 1.165) is 6.42 Å². The number of benzene rings is 1. The second-order valence-electron chi connectivity index (χ2n) is 5.43. The summed E-state index contributed by atoms with van der Waals surface area (Å²) in [6.45, 7) is 2.23. The lowest BCUT2D eigenvalue weighted by Gasteiger charge is -2.30. The lowest BCUT2D eigenvalue weighted by Crippen LogP contribution is -2.51. The first-order chi connectivity index (χ1) is 10.1. The molecule has 1 aliphatic rings. The van der Waals surface area contributed by atoms with Crippen LogP contribution >= 0.6 is 23.8 Å². The van der Waals surface area contributed by atoms with E-state index in [0.29, 0.717) is 27.7 Å². The number of hydrogen-bond donors (Lipinski definition) is 3. The van der Waals surface area contributed by atoms with Crippen LogP contribution in [-0.4, -0.2) is 17.1 Å². The average Bonchev–Trinajstić information content (AvgIpc) is 2.48. The Balaban J connectivity index is 1.78. The monoisotopic (exact) mass is 325 g/mol. The number of hydrazine groups is 1. The minimum absolute atomic E-state index is 0.243. The van der Waals surface area contributed by atoms with Crippen molar-refractivity contribution in [3.8, 4) is 0 Å². The van der Waals surface area contributed by atoms with Crippen LogP contribution in [0.4, 0.5) is 0 Å². The van der Waals surface area contributed by atoms with Gasteiger partial charge in [-0.2, -0.15) is 0 Å². The molecule has 1 aromatic carbocycles. The molecule has 6 heteroatoms. The summed E-state index contributed by atoms with van der Waals surface area (Å²) in [5.74, 6) is 0.359. The molecule has 1 aliphatic carbocycles. The third-order valence-electron chi connectivity index (χ3n) is 3.82. The molecule has 1 amide bonds. The Hall–Kier alpha value is -1.33. The third kappa shape index (κ3) is 4.86. The van der Waals surface area contributed by atoms with Crippen molar-refractivity contribution in [2.75, 3.05) is 0 Å². The van der Waals surface area contributed by atoms with E-state index in [-0.39, 0.29) is 5.91 Å². The molecule has 3 N–H and O–H groups in total. The van der Waals surface area contributed by atoms with Crippen molar-refractivity contribution in [2.45, 2.75) is 38.6 Å². The van der Waals surface area contributed by atoms with Crippen LogP contribution in [0, 0.1) is 5.92 Å². The van der Waals surface area contributed by atoms with E-state index in [9.17, 15) is 4.79 Å². The first-order valence-electron chi connectivity index (χ1n) is 7.18. The summed E-state index contributed by atoms with van der Waals surface area (Å²) >= 11 is 11.0. The molecule has 21 heavy (non-hydrogen) atoms. The first-order valence-corrected chi connectivity index (χ1v) is 7.97. The molecule has 4 nitrogen and oxygen atoms in total. The second kappa shape index (κ2) is 7.61. The zero-order valence-corrected chi connectivity index (χ0v) is 13.6. The number of carbonyl (C=O) groups is 1. The molecule has 1 aromatic rings. The molecular weight excluding hydrogens is 306 g/mol. The van der Waals surface area contributed by atoms with Crippen LogP contribution in [0.25, 0.3) is 0 Å². The fourth-order valence-electron chi connectivity index (χ4n) is 2.52. The highest BCUT2D eigenvalue weighted by atomic mass is 35.5. The van der Waals surface area contributed by atoms with Gasteiger partial charge in [-0.15, -0.1) is 0 Å². The topological polar surface area (TPSA) is 53.2 Å². The summed E-state index contributed by atoms with van der Waals surface area (Å²) in [7, 11) is 0. The summed E-state index contributed by atoms with van der Waals surface area (Å²) in [4.78, 5) is 11.9. The van der Waals surface area contributed by atoms with Gasteiger partial charge in [-0.25, -0.2) is 0 Å².